The van der Waals surface area contributed by atoms with Crippen LogP contribution in [0, 0.1) is 12.8 Å². The Balaban J connectivity index is 1.48. The molecule has 0 radical (unpaired) electrons. The average molecular weight is 455 g/mol. The summed E-state index contributed by atoms with van der Waals surface area (Å²) in [5, 5.41) is 17.6. The highest BCUT2D eigenvalue weighted by molar-refractivity contribution is 5.87. The zero-order valence-electron chi connectivity index (χ0n) is 19.4. The number of aromatic nitrogens is 7. The van der Waals surface area contributed by atoms with E-state index in [9.17, 15) is 0 Å². The summed E-state index contributed by atoms with van der Waals surface area (Å²) in [6.45, 7) is 6.05. The average Bonchev–Trinajstić information content (AvgIpc) is 3.46. The van der Waals surface area contributed by atoms with Gasteiger partial charge in [0.1, 0.15) is 11.0 Å². The first-order valence-electron chi connectivity index (χ1n) is 11.8. The van der Waals surface area contributed by atoms with E-state index in [0.29, 0.717) is 23.5 Å². The van der Waals surface area contributed by atoms with Crippen LogP contribution in [0.3, 0.4) is 0 Å². The van der Waals surface area contributed by atoms with Crippen LogP contribution in [0.5, 0.6) is 0 Å². The van der Waals surface area contributed by atoms with Gasteiger partial charge in [-0.3, -0.25) is 9.67 Å². The van der Waals surface area contributed by atoms with Crippen molar-refractivity contribution in [1.29, 1.82) is 0 Å². The van der Waals surface area contributed by atoms with Gasteiger partial charge in [0.05, 0.1) is 17.8 Å². The van der Waals surface area contributed by atoms with Crippen LogP contribution in [0.4, 0.5) is 5.82 Å². The topological polar surface area (TPSA) is 107 Å². The molecule has 0 bridgehead atoms. The predicted molar refractivity (Wildman–Crippen MR) is 129 cm³/mol. The SMILES string of the molecule is CCC(C)n1ncc2nc(-c3nnc(C)o3)nc(N[C@@H](c3cnc4ccccc4c3)C3CC3)c21. The number of fused-ring (bicyclic) bond motifs is 2. The molecule has 4 aromatic heterocycles. The maximum absolute atomic E-state index is 5.63. The van der Waals surface area contributed by atoms with Crippen LogP contribution in [-0.4, -0.2) is 34.9 Å². The molecule has 6 rings (SSSR count). The summed E-state index contributed by atoms with van der Waals surface area (Å²) >= 11 is 0. The standard InChI is InChI=1S/C25H26N8O/c1-4-14(2)33-22-20(13-27-33)28-24(25-32-31-15(3)34-25)30-23(22)29-21(16-9-10-16)18-11-17-7-5-6-8-19(17)26-12-18/h5-8,11-14,16,21H,4,9-10H2,1-3H3,(H,28,29,30)/t14?,21-/m1/s1. The number of hydrogen-bond acceptors (Lipinski definition) is 8. The summed E-state index contributed by atoms with van der Waals surface area (Å²) in [6, 6.07) is 10.7. The molecule has 172 valence electrons. The third-order valence-electron chi connectivity index (χ3n) is 6.53. The summed E-state index contributed by atoms with van der Waals surface area (Å²) in [5.41, 5.74) is 3.77. The fourth-order valence-corrected chi connectivity index (χ4v) is 4.36. The monoisotopic (exact) mass is 454 g/mol. The third kappa shape index (κ3) is 3.67. The molecular weight excluding hydrogens is 428 g/mol. The lowest BCUT2D eigenvalue weighted by Crippen LogP contribution is -2.17. The van der Waals surface area contributed by atoms with Gasteiger partial charge in [0.2, 0.25) is 11.7 Å². The molecule has 9 heteroatoms. The lowest BCUT2D eigenvalue weighted by Gasteiger charge is -2.21. The van der Waals surface area contributed by atoms with Crippen molar-refractivity contribution in [3.8, 4) is 11.7 Å². The lowest BCUT2D eigenvalue weighted by atomic mass is 10.0. The molecule has 1 aromatic carbocycles. The molecule has 1 aliphatic rings. The van der Waals surface area contributed by atoms with E-state index < -0.39 is 0 Å². The second-order valence-electron chi connectivity index (χ2n) is 9.02. The molecule has 0 saturated heterocycles. The van der Waals surface area contributed by atoms with Gasteiger partial charge in [-0.05, 0) is 49.8 Å². The van der Waals surface area contributed by atoms with Crippen LogP contribution >= 0.6 is 0 Å². The molecule has 34 heavy (non-hydrogen) atoms. The second-order valence-corrected chi connectivity index (χ2v) is 9.02. The van der Waals surface area contributed by atoms with Gasteiger partial charge >= 0.3 is 0 Å². The molecule has 9 nitrogen and oxygen atoms in total. The summed E-state index contributed by atoms with van der Waals surface area (Å²) in [5.74, 6) is 2.40. The van der Waals surface area contributed by atoms with Crippen molar-refractivity contribution < 1.29 is 4.42 Å². The molecule has 0 aliphatic heterocycles. The number of aryl methyl sites for hydroxylation is 1. The Bertz CT molecular complexity index is 1490. The zero-order valence-corrected chi connectivity index (χ0v) is 19.4. The number of para-hydroxylation sites is 1. The molecule has 1 unspecified atom stereocenters. The minimum atomic E-state index is 0.0766. The van der Waals surface area contributed by atoms with E-state index in [1.54, 1.807) is 13.1 Å². The molecule has 1 aliphatic carbocycles. The van der Waals surface area contributed by atoms with E-state index >= 15 is 0 Å². The summed E-state index contributed by atoms with van der Waals surface area (Å²) in [4.78, 5) is 14.3. The Morgan fingerprint density at radius 2 is 1.97 bits per heavy atom. The lowest BCUT2D eigenvalue weighted by molar-refractivity contribution is 0.492. The van der Waals surface area contributed by atoms with E-state index in [-0.39, 0.29) is 12.1 Å². The van der Waals surface area contributed by atoms with Gasteiger partial charge in [-0.25, -0.2) is 9.97 Å². The van der Waals surface area contributed by atoms with Crippen molar-refractivity contribution in [1.82, 2.24) is 34.9 Å². The molecule has 0 amide bonds. The first kappa shape index (κ1) is 20.7. The highest BCUT2D eigenvalue weighted by Crippen LogP contribution is 2.44. The maximum Gasteiger partial charge on any atom is 0.285 e. The van der Waals surface area contributed by atoms with Gasteiger partial charge < -0.3 is 9.73 Å². The van der Waals surface area contributed by atoms with Crippen molar-refractivity contribution in [3.05, 3.63) is 54.2 Å². The first-order chi connectivity index (χ1) is 16.6. The number of benzene rings is 1. The Kier molecular flexibility index (Phi) is 4.97. The van der Waals surface area contributed by atoms with E-state index in [4.69, 9.17) is 19.4 Å². The molecule has 2 atom stereocenters. The fraction of sp³-hybridized carbons (Fsp3) is 0.360. The van der Waals surface area contributed by atoms with E-state index in [2.05, 4.69) is 46.6 Å². The molecular formula is C25H26N8O. The van der Waals surface area contributed by atoms with Crippen molar-refractivity contribution in [2.24, 2.45) is 5.92 Å². The number of hydrogen-bond donors (Lipinski definition) is 1. The predicted octanol–water partition coefficient (Wildman–Crippen LogP) is 5.27. The summed E-state index contributed by atoms with van der Waals surface area (Å²) < 4.78 is 7.64. The molecule has 1 N–H and O–H groups in total. The fourth-order valence-electron chi connectivity index (χ4n) is 4.36. The molecule has 5 aromatic rings. The van der Waals surface area contributed by atoms with Crippen LogP contribution in [0.15, 0.2) is 47.1 Å². The minimum Gasteiger partial charge on any atom is -0.418 e. The van der Waals surface area contributed by atoms with E-state index in [1.165, 1.54) is 12.8 Å². The number of rotatable bonds is 7. The Hall–Kier alpha value is -3.88. The van der Waals surface area contributed by atoms with Crippen molar-refractivity contribution in [3.63, 3.8) is 0 Å². The van der Waals surface area contributed by atoms with Crippen LogP contribution in [0.2, 0.25) is 0 Å². The Morgan fingerprint density at radius 1 is 1.12 bits per heavy atom. The number of pyridine rings is 1. The maximum atomic E-state index is 5.63. The largest absolute Gasteiger partial charge is 0.418 e. The first-order valence-corrected chi connectivity index (χ1v) is 11.8. The molecule has 4 heterocycles. The second kappa shape index (κ2) is 8.16. The smallest absolute Gasteiger partial charge is 0.285 e. The van der Waals surface area contributed by atoms with Crippen molar-refractivity contribution in [2.45, 2.75) is 52.1 Å². The van der Waals surface area contributed by atoms with E-state index in [1.807, 2.05) is 29.1 Å². The third-order valence-corrected chi connectivity index (χ3v) is 6.53. The van der Waals surface area contributed by atoms with Gasteiger partial charge in [-0.15, -0.1) is 10.2 Å². The van der Waals surface area contributed by atoms with E-state index in [0.717, 1.165) is 39.7 Å². The van der Waals surface area contributed by atoms with Crippen molar-refractivity contribution in [2.75, 3.05) is 5.32 Å². The molecule has 1 saturated carbocycles. The molecule has 0 spiro atoms. The van der Waals surface area contributed by atoms with Gasteiger partial charge in [0.25, 0.3) is 5.89 Å². The van der Waals surface area contributed by atoms with Crippen LogP contribution in [0.25, 0.3) is 33.7 Å². The van der Waals surface area contributed by atoms with Gasteiger partial charge in [0, 0.05) is 24.5 Å². The normalized spacial score (nSPS) is 15.6. The quantitative estimate of drug-likeness (QED) is 0.354. The Labute approximate surface area is 196 Å². The summed E-state index contributed by atoms with van der Waals surface area (Å²) in [7, 11) is 0. The van der Waals surface area contributed by atoms with Gasteiger partial charge in [-0.1, -0.05) is 25.1 Å². The highest BCUT2D eigenvalue weighted by atomic mass is 16.4. The minimum absolute atomic E-state index is 0.0766. The highest BCUT2D eigenvalue weighted by Gasteiger charge is 2.34. The number of nitrogens with zero attached hydrogens (tertiary/aromatic N) is 7. The number of nitrogens with one attached hydrogen (secondary N) is 1. The van der Waals surface area contributed by atoms with Crippen molar-refractivity contribution >= 4 is 27.8 Å². The summed E-state index contributed by atoms with van der Waals surface area (Å²) in [6.07, 6.45) is 7.04. The van der Waals surface area contributed by atoms with Gasteiger partial charge in [0.15, 0.2) is 5.82 Å². The van der Waals surface area contributed by atoms with Crippen LogP contribution in [-0.2, 0) is 0 Å². The number of anilines is 1. The zero-order chi connectivity index (χ0) is 23.2. The Morgan fingerprint density at radius 3 is 2.74 bits per heavy atom. The van der Waals surface area contributed by atoms with Gasteiger partial charge in [-0.2, -0.15) is 5.10 Å². The van der Waals surface area contributed by atoms with Crippen LogP contribution in [0.1, 0.15) is 56.6 Å². The molecule has 1 fully saturated rings. The van der Waals surface area contributed by atoms with Crippen LogP contribution < -0.4 is 5.32 Å².